The van der Waals surface area contributed by atoms with Crippen molar-refractivity contribution < 1.29 is 19.0 Å². The van der Waals surface area contributed by atoms with E-state index in [1.54, 1.807) is 19.1 Å². The number of hydrogen-bond donors (Lipinski definition) is 1. The van der Waals surface area contributed by atoms with Crippen LogP contribution in [0.2, 0.25) is 5.02 Å². The molecule has 0 spiro atoms. The van der Waals surface area contributed by atoms with Crippen LogP contribution in [0.4, 0.5) is 4.39 Å². The third-order valence-electron chi connectivity index (χ3n) is 6.21. The van der Waals surface area contributed by atoms with Crippen LogP contribution in [-0.4, -0.2) is 40.2 Å². The molecule has 1 fully saturated rings. The molecule has 1 aliphatic heterocycles. The minimum atomic E-state index is -0.467. The second-order valence-corrected chi connectivity index (χ2v) is 10.7. The summed E-state index contributed by atoms with van der Waals surface area (Å²) in [7, 11) is 1.91. The summed E-state index contributed by atoms with van der Waals surface area (Å²) in [6.45, 7) is 4.50. The van der Waals surface area contributed by atoms with Gasteiger partial charge in [0.25, 0.3) is 0 Å². The molecule has 3 aromatic rings. The van der Waals surface area contributed by atoms with Crippen molar-refractivity contribution in [2.45, 2.75) is 43.4 Å². The van der Waals surface area contributed by atoms with Gasteiger partial charge in [-0.2, -0.15) is 0 Å². The Labute approximate surface area is 216 Å². The van der Waals surface area contributed by atoms with Crippen LogP contribution in [-0.2, 0) is 24.1 Å². The first-order valence-electron chi connectivity index (χ1n) is 11.3. The lowest BCUT2D eigenvalue weighted by Crippen LogP contribution is -2.29. The van der Waals surface area contributed by atoms with Crippen molar-refractivity contribution in [3.8, 4) is 5.75 Å². The largest absolute Gasteiger partial charge is 0.506 e. The lowest BCUT2D eigenvalue weighted by Gasteiger charge is -2.27. The first-order valence-corrected chi connectivity index (χ1v) is 13.5. The van der Waals surface area contributed by atoms with E-state index < -0.39 is 11.8 Å². The molecular weight excluding hydrogens is 543 g/mol. The van der Waals surface area contributed by atoms with Gasteiger partial charge in [-0.15, -0.1) is 11.8 Å². The van der Waals surface area contributed by atoms with E-state index in [0.717, 1.165) is 53.0 Å². The predicted octanol–water partition coefficient (Wildman–Crippen LogP) is 6.89. The molecule has 182 valence electrons. The molecule has 4 rings (SSSR count). The molecular formula is C25H27BrClFN2O3S. The second kappa shape index (κ2) is 10.9. The Morgan fingerprint density at radius 3 is 2.68 bits per heavy atom. The number of carbonyl (C=O) groups excluding carboxylic acids is 1. The molecule has 5 nitrogen and oxygen atoms in total. The van der Waals surface area contributed by atoms with Gasteiger partial charge in [-0.1, -0.05) is 18.0 Å². The van der Waals surface area contributed by atoms with Crippen LogP contribution in [0.1, 0.15) is 47.8 Å². The molecule has 1 aromatic heterocycles. The van der Waals surface area contributed by atoms with Gasteiger partial charge in [0.2, 0.25) is 0 Å². The van der Waals surface area contributed by atoms with Gasteiger partial charge in [0.15, 0.2) is 0 Å². The molecule has 34 heavy (non-hydrogen) atoms. The Kier molecular flexibility index (Phi) is 8.12. The van der Waals surface area contributed by atoms with E-state index in [2.05, 4.69) is 20.8 Å². The Morgan fingerprint density at radius 1 is 1.26 bits per heavy atom. The lowest BCUT2D eigenvalue weighted by molar-refractivity contribution is 0.0527. The van der Waals surface area contributed by atoms with Gasteiger partial charge >= 0.3 is 5.97 Å². The second-order valence-electron chi connectivity index (χ2n) is 8.38. The number of phenols is 1. The standard InChI is InChI=1S/C25H27BrClFN2O3S/c1-3-33-25(32)23-21(14-34-15-7-8-19(28)18(27)11-15)29(2)20-12-17(26)24(31)16(22(20)23)13-30-9-5-4-6-10-30/h7-8,11-12,31H,3-6,9-10,13-14H2,1-2H3. The minimum absolute atomic E-state index is 0.0605. The maximum absolute atomic E-state index is 13.6. The van der Waals surface area contributed by atoms with Crippen LogP contribution < -0.4 is 0 Å². The monoisotopic (exact) mass is 568 g/mol. The smallest absolute Gasteiger partial charge is 0.340 e. The Hall–Kier alpha value is -1.74. The summed E-state index contributed by atoms with van der Waals surface area (Å²) in [4.78, 5) is 16.3. The highest BCUT2D eigenvalue weighted by Crippen LogP contribution is 2.41. The van der Waals surface area contributed by atoms with E-state index >= 15 is 0 Å². The molecule has 0 unspecified atom stereocenters. The summed E-state index contributed by atoms with van der Waals surface area (Å²) < 4.78 is 21.6. The third kappa shape index (κ3) is 5.10. The first kappa shape index (κ1) is 25.4. The molecule has 1 N–H and O–H groups in total. The highest BCUT2D eigenvalue weighted by atomic mass is 79.9. The number of halogens is 3. The predicted molar refractivity (Wildman–Crippen MR) is 138 cm³/mol. The molecule has 1 saturated heterocycles. The zero-order chi connectivity index (χ0) is 24.4. The number of piperidine rings is 1. The highest BCUT2D eigenvalue weighted by molar-refractivity contribution is 9.10. The normalized spacial score (nSPS) is 14.6. The summed E-state index contributed by atoms with van der Waals surface area (Å²) in [6.07, 6.45) is 3.46. The quantitative estimate of drug-likeness (QED) is 0.248. The molecule has 1 aliphatic rings. The Morgan fingerprint density at radius 2 is 2.00 bits per heavy atom. The average molecular weight is 570 g/mol. The van der Waals surface area contributed by atoms with Crippen LogP contribution in [0.3, 0.4) is 0 Å². The maximum atomic E-state index is 13.6. The fourth-order valence-electron chi connectivity index (χ4n) is 4.48. The Balaban J connectivity index is 1.83. The molecule has 0 amide bonds. The van der Waals surface area contributed by atoms with Crippen molar-refractivity contribution in [1.29, 1.82) is 0 Å². The maximum Gasteiger partial charge on any atom is 0.340 e. The highest BCUT2D eigenvalue weighted by Gasteiger charge is 2.28. The van der Waals surface area contributed by atoms with Gasteiger partial charge < -0.3 is 14.4 Å². The zero-order valence-corrected chi connectivity index (χ0v) is 22.3. The molecule has 0 bridgehead atoms. The molecule has 2 aromatic carbocycles. The van der Waals surface area contributed by atoms with Crippen molar-refractivity contribution in [3.63, 3.8) is 0 Å². The first-order chi connectivity index (χ1) is 16.3. The number of carbonyl (C=O) groups is 1. The fourth-order valence-corrected chi connectivity index (χ4v) is 6.19. The number of phenolic OH excluding ortho intramolecular Hbond substituents is 1. The van der Waals surface area contributed by atoms with E-state index in [1.165, 1.54) is 24.2 Å². The van der Waals surface area contributed by atoms with Gasteiger partial charge in [-0.25, -0.2) is 9.18 Å². The number of aryl methyl sites for hydroxylation is 1. The van der Waals surface area contributed by atoms with Crippen molar-refractivity contribution in [2.24, 2.45) is 7.05 Å². The zero-order valence-electron chi connectivity index (χ0n) is 19.2. The molecule has 2 heterocycles. The molecule has 9 heteroatoms. The number of rotatable bonds is 7. The number of hydrogen-bond acceptors (Lipinski definition) is 5. The number of esters is 1. The van der Waals surface area contributed by atoms with E-state index in [-0.39, 0.29) is 17.4 Å². The molecule has 0 saturated carbocycles. The molecule has 0 radical (unpaired) electrons. The summed E-state index contributed by atoms with van der Waals surface area (Å²) in [6, 6.07) is 6.43. The summed E-state index contributed by atoms with van der Waals surface area (Å²) in [5.41, 5.74) is 2.81. The van der Waals surface area contributed by atoms with Crippen LogP contribution in [0.5, 0.6) is 5.75 Å². The van der Waals surface area contributed by atoms with Crippen molar-refractivity contribution in [1.82, 2.24) is 9.47 Å². The lowest BCUT2D eigenvalue weighted by atomic mass is 10.0. The van der Waals surface area contributed by atoms with Gasteiger partial charge in [0, 0.05) is 40.9 Å². The third-order valence-corrected chi connectivity index (χ3v) is 8.11. The van der Waals surface area contributed by atoms with E-state index in [1.807, 2.05) is 17.7 Å². The van der Waals surface area contributed by atoms with Gasteiger partial charge in [-0.3, -0.25) is 4.90 Å². The number of aromatic nitrogens is 1. The number of benzene rings is 2. The van der Waals surface area contributed by atoms with Crippen LogP contribution in [0.15, 0.2) is 33.6 Å². The van der Waals surface area contributed by atoms with Gasteiger partial charge in [-0.05, 0) is 73.1 Å². The average Bonchev–Trinajstić information content (AvgIpc) is 3.09. The van der Waals surface area contributed by atoms with E-state index in [9.17, 15) is 14.3 Å². The molecule has 0 aliphatic carbocycles. The van der Waals surface area contributed by atoms with Crippen molar-refractivity contribution in [3.05, 3.63) is 56.4 Å². The summed E-state index contributed by atoms with van der Waals surface area (Å²) >= 11 is 10.9. The summed E-state index contributed by atoms with van der Waals surface area (Å²) in [5, 5.41) is 11.8. The fraction of sp³-hybridized carbons (Fsp3) is 0.400. The number of likely N-dealkylation sites (tertiary alicyclic amines) is 1. The van der Waals surface area contributed by atoms with Crippen molar-refractivity contribution in [2.75, 3.05) is 19.7 Å². The molecule has 0 atom stereocenters. The van der Waals surface area contributed by atoms with Crippen LogP contribution in [0.25, 0.3) is 10.9 Å². The van der Waals surface area contributed by atoms with Crippen molar-refractivity contribution >= 4 is 56.2 Å². The summed E-state index contributed by atoms with van der Waals surface area (Å²) in [5.74, 6) is -0.283. The van der Waals surface area contributed by atoms with E-state index in [0.29, 0.717) is 22.3 Å². The number of fused-ring (bicyclic) bond motifs is 1. The topological polar surface area (TPSA) is 54.7 Å². The SMILES string of the molecule is CCOC(=O)c1c(CSc2ccc(F)c(Cl)c2)n(C)c2cc(Br)c(O)c(CN3CCCCC3)c12. The Bertz CT molecular complexity index is 1230. The number of thioether (sulfide) groups is 1. The van der Waals surface area contributed by atoms with E-state index in [4.69, 9.17) is 16.3 Å². The van der Waals surface area contributed by atoms with Gasteiger partial charge in [0.1, 0.15) is 11.6 Å². The van der Waals surface area contributed by atoms with Gasteiger partial charge in [0.05, 0.1) is 27.2 Å². The number of ether oxygens (including phenoxy) is 1. The number of aromatic hydroxyl groups is 1. The minimum Gasteiger partial charge on any atom is -0.506 e. The van der Waals surface area contributed by atoms with Crippen LogP contribution in [0, 0.1) is 5.82 Å². The van der Waals surface area contributed by atoms with Crippen LogP contribution >= 0.6 is 39.3 Å². The number of nitrogens with zero attached hydrogens (tertiary/aromatic N) is 2.